The van der Waals surface area contributed by atoms with Gasteiger partial charge in [-0.05, 0) is 38.6 Å². The number of amides is 1. The number of aliphatic hydroxyl groups is 1. The zero-order chi connectivity index (χ0) is 11.8. The highest BCUT2D eigenvalue weighted by atomic mass is 16.2. The number of carbonyl (C=O) groups is 1. The van der Waals surface area contributed by atoms with Gasteiger partial charge in [0.25, 0.3) is 0 Å². The van der Waals surface area contributed by atoms with Crippen LogP contribution in [0.3, 0.4) is 0 Å². The first-order valence-corrected chi connectivity index (χ1v) is 6.35. The molecule has 1 rings (SSSR count). The van der Waals surface area contributed by atoms with E-state index in [1.54, 1.807) is 0 Å². The van der Waals surface area contributed by atoms with Crippen LogP contribution in [0, 0.1) is 0 Å². The number of carbonyl (C=O) groups excluding carboxylic acids is 1. The van der Waals surface area contributed by atoms with E-state index in [1.165, 1.54) is 6.42 Å². The van der Waals surface area contributed by atoms with Crippen molar-refractivity contribution in [2.24, 2.45) is 0 Å². The summed E-state index contributed by atoms with van der Waals surface area (Å²) in [5.41, 5.74) is 0. The van der Waals surface area contributed by atoms with E-state index in [9.17, 15) is 4.79 Å². The Labute approximate surface area is 98.0 Å². The molecule has 0 aromatic rings. The quantitative estimate of drug-likeness (QED) is 0.660. The van der Waals surface area contributed by atoms with E-state index in [4.69, 9.17) is 5.11 Å². The van der Waals surface area contributed by atoms with Crippen molar-refractivity contribution in [3.8, 4) is 0 Å². The van der Waals surface area contributed by atoms with Crippen molar-refractivity contribution in [1.82, 2.24) is 10.2 Å². The van der Waals surface area contributed by atoms with Crippen LogP contribution in [0.5, 0.6) is 0 Å². The van der Waals surface area contributed by atoms with Gasteiger partial charge in [-0.3, -0.25) is 4.79 Å². The summed E-state index contributed by atoms with van der Waals surface area (Å²) in [6, 6.07) is 0.0385. The van der Waals surface area contributed by atoms with Gasteiger partial charge in [-0.25, -0.2) is 0 Å². The topological polar surface area (TPSA) is 52.6 Å². The maximum absolute atomic E-state index is 12.0. The summed E-state index contributed by atoms with van der Waals surface area (Å²) in [5, 5.41) is 11.9. The lowest BCUT2D eigenvalue weighted by Gasteiger charge is -2.27. The Hall–Kier alpha value is -0.610. The second-order valence-electron chi connectivity index (χ2n) is 4.55. The van der Waals surface area contributed by atoms with Gasteiger partial charge in [0.1, 0.15) is 0 Å². The van der Waals surface area contributed by atoms with Crippen LogP contribution >= 0.6 is 0 Å². The van der Waals surface area contributed by atoms with Gasteiger partial charge in [-0.1, -0.05) is 6.42 Å². The minimum atomic E-state index is 0.0385. The predicted octanol–water partition coefficient (Wildman–Crippen LogP) is 0.749. The molecule has 1 heterocycles. The first-order valence-electron chi connectivity index (χ1n) is 6.35. The molecule has 4 heteroatoms. The summed E-state index contributed by atoms with van der Waals surface area (Å²) in [6.07, 6.45) is 6.12. The third-order valence-electron chi connectivity index (χ3n) is 3.14. The summed E-state index contributed by atoms with van der Waals surface area (Å²) in [7, 11) is 1.87. The molecule has 2 N–H and O–H groups in total. The molecule has 1 atom stereocenters. The number of nitrogens with zero attached hydrogens (tertiary/aromatic N) is 1. The average molecular weight is 228 g/mol. The fraction of sp³-hybridized carbons (Fsp3) is 0.917. The van der Waals surface area contributed by atoms with E-state index in [-0.39, 0.29) is 18.6 Å². The molecule has 0 aliphatic carbocycles. The van der Waals surface area contributed by atoms with Gasteiger partial charge in [-0.15, -0.1) is 0 Å². The lowest BCUT2D eigenvalue weighted by atomic mass is 10.0. The molecule has 0 spiro atoms. The molecule has 0 aromatic heterocycles. The maximum atomic E-state index is 12.0. The van der Waals surface area contributed by atoms with Crippen molar-refractivity contribution in [3.05, 3.63) is 0 Å². The Morgan fingerprint density at radius 1 is 1.38 bits per heavy atom. The number of aliphatic hydroxyl groups excluding tert-OH is 1. The zero-order valence-electron chi connectivity index (χ0n) is 10.2. The Morgan fingerprint density at radius 3 is 2.81 bits per heavy atom. The number of unbranched alkanes of at least 4 members (excludes halogenated alkanes) is 2. The number of piperidine rings is 1. The number of nitrogens with one attached hydrogen (secondary N) is 1. The van der Waals surface area contributed by atoms with Crippen LogP contribution in [0.15, 0.2) is 0 Å². The molecule has 0 radical (unpaired) electrons. The van der Waals surface area contributed by atoms with Crippen molar-refractivity contribution >= 4 is 5.91 Å². The predicted molar refractivity (Wildman–Crippen MR) is 64.2 cm³/mol. The van der Waals surface area contributed by atoms with E-state index in [0.717, 1.165) is 45.2 Å². The van der Waals surface area contributed by atoms with Crippen LogP contribution in [0.4, 0.5) is 0 Å². The molecule has 4 nitrogen and oxygen atoms in total. The standard InChI is InChI=1S/C12H24N2O2/c1-14(9-5-2-6-10-15)12(16)11-7-3-4-8-13-11/h11,13,15H,2-10H2,1H3/t11-/m0/s1. The van der Waals surface area contributed by atoms with Crippen molar-refractivity contribution < 1.29 is 9.90 Å². The number of hydrogen-bond donors (Lipinski definition) is 2. The largest absolute Gasteiger partial charge is 0.396 e. The molecule has 16 heavy (non-hydrogen) atoms. The Morgan fingerprint density at radius 2 is 2.19 bits per heavy atom. The fourth-order valence-electron chi connectivity index (χ4n) is 2.08. The monoisotopic (exact) mass is 228 g/mol. The van der Waals surface area contributed by atoms with E-state index >= 15 is 0 Å². The highest BCUT2D eigenvalue weighted by molar-refractivity contribution is 5.81. The lowest BCUT2D eigenvalue weighted by Crippen LogP contribution is -2.47. The molecule has 0 saturated carbocycles. The third kappa shape index (κ3) is 4.49. The molecule has 1 saturated heterocycles. The van der Waals surface area contributed by atoms with Crippen LogP contribution in [0.2, 0.25) is 0 Å². The number of hydrogen-bond acceptors (Lipinski definition) is 3. The van der Waals surface area contributed by atoms with Gasteiger partial charge >= 0.3 is 0 Å². The smallest absolute Gasteiger partial charge is 0.239 e. The fourth-order valence-corrected chi connectivity index (χ4v) is 2.08. The molecule has 0 aromatic carbocycles. The first-order chi connectivity index (χ1) is 7.75. The second-order valence-corrected chi connectivity index (χ2v) is 4.55. The van der Waals surface area contributed by atoms with E-state index < -0.39 is 0 Å². The molecule has 1 aliphatic rings. The van der Waals surface area contributed by atoms with Gasteiger partial charge in [0, 0.05) is 20.2 Å². The Kier molecular flexibility index (Phi) is 6.42. The van der Waals surface area contributed by atoms with Crippen molar-refractivity contribution in [3.63, 3.8) is 0 Å². The average Bonchev–Trinajstić information content (AvgIpc) is 2.34. The van der Waals surface area contributed by atoms with Crippen molar-refractivity contribution in [2.75, 3.05) is 26.7 Å². The molecule has 1 aliphatic heterocycles. The van der Waals surface area contributed by atoms with E-state index in [1.807, 2.05) is 11.9 Å². The van der Waals surface area contributed by atoms with Crippen LogP contribution in [-0.4, -0.2) is 48.7 Å². The molecule has 0 bridgehead atoms. The molecule has 94 valence electrons. The Bertz CT molecular complexity index is 203. The second kappa shape index (κ2) is 7.63. The normalized spacial score (nSPS) is 20.8. The first kappa shape index (κ1) is 13.5. The molecular formula is C12H24N2O2. The van der Waals surface area contributed by atoms with Crippen LogP contribution in [0.1, 0.15) is 38.5 Å². The minimum Gasteiger partial charge on any atom is -0.396 e. The third-order valence-corrected chi connectivity index (χ3v) is 3.14. The van der Waals surface area contributed by atoms with Crippen LogP contribution in [0.25, 0.3) is 0 Å². The van der Waals surface area contributed by atoms with Crippen LogP contribution < -0.4 is 5.32 Å². The maximum Gasteiger partial charge on any atom is 0.239 e. The Balaban J connectivity index is 2.18. The summed E-state index contributed by atoms with van der Waals surface area (Å²) >= 11 is 0. The molecule has 1 amide bonds. The SMILES string of the molecule is CN(CCCCCO)C(=O)[C@@H]1CCCCN1. The summed E-state index contributed by atoms with van der Waals surface area (Å²) < 4.78 is 0. The summed E-state index contributed by atoms with van der Waals surface area (Å²) in [4.78, 5) is 13.8. The van der Waals surface area contributed by atoms with Crippen molar-refractivity contribution in [2.45, 2.75) is 44.6 Å². The van der Waals surface area contributed by atoms with Gasteiger partial charge in [0.15, 0.2) is 0 Å². The van der Waals surface area contributed by atoms with Gasteiger partial charge in [0.05, 0.1) is 6.04 Å². The molecular weight excluding hydrogens is 204 g/mol. The van der Waals surface area contributed by atoms with Gasteiger partial charge < -0.3 is 15.3 Å². The van der Waals surface area contributed by atoms with E-state index in [0.29, 0.717) is 0 Å². The lowest BCUT2D eigenvalue weighted by molar-refractivity contribution is -0.132. The van der Waals surface area contributed by atoms with E-state index in [2.05, 4.69) is 5.32 Å². The highest BCUT2D eigenvalue weighted by Crippen LogP contribution is 2.09. The summed E-state index contributed by atoms with van der Waals surface area (Å²) in [6.45, 7) is 2.02. The van der Waals surface area contributed by atoms with Gasteiger partial charge in [0.2, 0.25) is 5.91 Å². The minimum absolute atomic E-state index is 0.0385. The summed E-state index contributed by atoms with van der Waals surface area (Å²) in [5.74, 6) is 0.226. The zero-order valence-corrected chi connectivity index (χ0v) is 10.2. The van der Waals surface area contributed by atoms with Gasteiger partial charge in [-0.2, -0.15) is 0 Å². The molecule has 1 fully saturated rings. The number of rotatable bonds is 6. The number of likely N-dealkylation sites (N-methyl/N-ethyl adjacent to an activating group) is 1. The van der Waals surface area contributed by atoms with Crippen LogP contribution in [-0.2, 0) is 4.79 Å². The van der Waals surface area contributed by atoms with Crippen molar-refractivity contribution in [1.29, 1.82) is 0 Å². The highest BCUT2D eigenvalue weighted by Gasteiger charge is 2.22. The molecule has 0 unspecified atom stereocenters.